The first-order chi connectivity index (χ1) is 9.16. The number of nitrogens with zero attached hydrogens (tertiary/aromatic N) is 1. The maximum absolute atomic E-state index is 12.5. The number of carbonyl (C=O) groups is 2. The van der Waals surface area contributed by atoms with Crippen LogP contribution in [0.1, 0.15) is 38.2 Å². The average Bonchev–Trinajstić information content (AvgIpc) is 2.97. The van der Waals surface area contributed by atoms with Crippen molar-refractivity contribution in [3.63, 3.8) is 0 Å². The van der Waals surface area contributed by atoms with E-state index in [4.69, 9.17) is 0 Å². The van der Waals surface area contributed by atoms with Crippen molar-refractivity contribution in [1.29, 1.82) is 0 Å². The molecule has 19 heavy (non-hydrogen) atoms. The minimum Gasteiger partial charge on any atom is -0.323 e. The van der Waals surface area contributed by atoms with Crippen LogP contribution in [0.15, 0.2) is 24.3 Å². The normalized spacial score (nSPS) is 21.2. The van der Waals surface area contributed by atoms with Crippen molar-refractivity contribution < 1.29 is 9.59 Å². The molecule has 1 spiro atoms. The Morgan fingerprint density at radius 3 is 2.37 bits per heavy atom. The van der Waals surface area contributed by atoms with Crippen LogP contribution in [0.25, 0.3) is 0 Å². The highest BCUT2D eigenvalue weighted by Crippen LogP contribution is 2.36. The fourth-order valence-corrected chi connectivity index (χ4v) is 3.05. The third-order valence-electron chi connectivity index (χ3n) is 4.22. The summed E-state index contributed by atoms with van der Waals surface area (Å²) in [5.74, 6) is -0.0840. The van der Waals surface area contributed by atoms with E-state index in [2.05, 4.69) is 12.2 Å². The van der Waals surface area contributed by atoms with Gasteiger partial charge in [0.05, 0.1) is 5.69 Å². The number of urea groups is 1. The molecule has 0 radical (unpaired) electrons. The summed E-state index contributed by atoms with van der Waals surface area (Å²) in [7, 11) is 0. The van der Waals surface area contributed by atoms with Crippen LogP contribution in [-0.2, 0) is 11.2 Å². The molecule has 0 unspecified atom stereocenters. The van der Waals surface area contributed by atoms with E-state index in [1.807, 2.05) is 24.3 Å². The van der Waals surface area contributed by atoms with Crippen LogP contribution in [0.2, 0.25) is 0 Å². The molecule has 1 N–H and O–H groups in total. The Balaban J connectivity index is 1.91. The number of hydrogen-bond donors (Lipinski definition) is 1. The molecule has 1 aliphatic heterocycles. The van der Waals surface area contributed by atoms with Gasteiger partial charge in [0.1, 0.15) is 5.54 Å². The lowest BCUT2D eigenvalue weighted by atomic mass is 9.98. The lowest BCUT2D eigenvalue weighted by molar-refractivity contribution is -0.121. The second-order valence-electron chi connectivity index (χ2n) is 5.38. The highest BCUT2D eigenvalue weighted by Gasteiger charge is 2.52. The number of nitrogens with one attached hydrogen (secondary N) is 1. The summed E-state index contributed by atoms with van der Waals surface area (Å²) in [6.45, 7) is 2.08. The number of aryl methyl sites for hydroxylation is 1. The zero-order valence-electron chi connectivity index (χ0n) is 11.1. The summed E-state index contributed by atoms with van der Waals surface area (Å²) in [4.78, 5) is 25.9. The van der Waals surface area contributed by atoms with Crippen LogP contribution < -0.4 is 10.2 Å². The van der Waals surface area contributed by atoms with E-state index >= 15 is 0 Å². The zero-order chi connectivity index (χ0) is 13.5. The van der Waals surface area contributed by atoms with Gasteiger partial charge in [-0.05, 0) is 37.0 Å². The van der Waals surface area contributed by atoms with Crippen molar-refractivity contribution in [3.05, 3.63) is 29.8 Å². The molecular weight excluding hydrogens is 240 g/mol. The molecule has 1 saturated heterocycles. The molecule has 0 aromatic heterocycles. The van der Waals surface area contributed by atoms with Gasteiger partial charge < -0.3 is 5.32 Å². The van der Waals surface area contributed by atoms with Crippen LogP contribution in [0, 0.1) is 0 Å². The summed E-state index contributed by atoms with van der Waals surface area (Å²) in [6, 6.07) is 7.36. The van der Waals surface area contributed by atoms with Crippen LogP contribution >= 0.6 is 0 Å². The van der Waals surface area contributed by atoms with E-state index in [1.54, 1.807) is 0 Å². The molecule has 0 atom stereocenters. The molecule has 1 aromatic carbocycles. The molecule has 1 saturated carbocycles. The maximum Gasteiger partial charge on any atom is 0.329 e. The lowest BCUT2D eigenvalue weighted by Crippen LogP contribution is -2.44. The van der Waals surface area contributed by atoms with Gasteiger partial charge in [-0.1, -0.05) is 31.9 Å². The quantitative estimate of drug-likeness (QED) is 0.829. The summed E-state index contributed by atoms with van der Waals surface area (Å²) in [5, 5.41) is 2.89. The topological polar surface area (TPSA) is 49.4 Å². The minimum absolute atomic E-state index is 0.0840. The number of imide groups is 1. The predicted octanol–water partition coefficient (Wildman–Crippen LogP) is 2.62. The third kappa shape index (κ3) is 1.82. The minimum atomic E-state index is -0.624. The van der Waals surface area contributed by atoms with Gasteiger partial charge in [-0.15, -0.1) is 0 Å². The molecule has 1 heterocycles. The van der Waals surface area contributed by atoms with Crippen molar-refractivity contribution in [3.8, 4) is 0 Å². The highest BCUT2D eigenvalue weighted by atomic mass is 16.2. The smallest absolute Gasteiger partial charge is 0.323 e. The SMILES string of the molecule is CCc1ccc(N2C(=O)NC3(CCCC3)C2=O)cc1. The Labute approximate surface area is 112 Å². The Kier molecular flexibility index (Phi) is 2.81. The molecule has 2 fully saturated rings. The van der Waals surface area contributed by atoms with Gasteiger partial charge in [-0.25, -0.2) is 9.69 Å². The molecule has 4 heteroatoms. The third-order valence-corrected chi connectivity index (χ3v) is 4.22. The average molecular weight is 258 g/mol. The second-order valence-corrected chi connectivity index (χ2v) is 5.38. The molecule has 1 aliphatic carbocycles. The number of amides is 3. The van der Waals surface area contributed by atoms with Gasteiger partial charge in [-0.2, -0.15) is 0 Å². The van der Waals surface area contributed by atoms with Crippen LogP contribution in [-0.4, -0.2) is 17.5 Å². The van der Waals surface area contributed by atoms with E-state index in [9.17, 15) is 9.59 Å². The summed E-state index contributed by atoms with van der Waals surface area (Å²) in [5.41, 5.74) is 1.25. The van der Waals surface area contributed by atoms with Crippen LogP contribution in [0.5, 0.6) is 0 Å². The molecule has 1 aromatic rings. The van der Waals surface area contributed by atoms with Crippen molar-refractivity contribution in [1.82, 2.24) is 5.32 Å². The van der Waals surface area contributed by atoms with E-state index in [-0.39, 0.29) is 11.9 Å². The maximum atomic E-state index is 12.5. The first kappa shape index (κ1) is 12.2. The fourth-order valence-electron chi connectivity index (χ4n) is 3.05. The largest absolute Gasteiger partial charge is 0.329 e. The number of benzene rings is 1. The van der Waals surface area contributed by atoms with Crippen molar-refractivity contribution in [2.45, 2.75) is 44.6 Å². The lowest BCUT2D eigenvalue weighted by Gasteiger charge is -2.20. The van der Waals surface area contributed by atoms with Gasteiger partial charge >= 0.3 is 6.03 Å². The van der Waals surface area contributed by atoms with Crippen molar-refractivity contribution in [2.75, 3.05) is 4.90 Å². The summed E-state index contributed by atoms with van der Waals surface area (Å²) >= 11 is 0. The van der Waals surface area contributed by atoms with Gasteiger partial charge in [0, 0.05) is 0 Å². The number of anilines is 1. The van der Waals surface area contributed by atoms with Gasteiger partial charge in [0.2, 0.25) is 0 Å². The molecule has 2 aliphatic rings. The van der Waals surface area contributed by atoms with Gasteiger partial charge in [-0.3, -0.25) is 4.79 Å². The fraction of sp³-hybridized carbons (Fsp3) is 0.467. The Hall–Kier alpha value is -1.84. The Bertz CT molecular complexity index is 515. The Morgan fingerprint density at radius 2 is 1.79 bits per heavy atom. The number of hydrogen-bond acceptors (Lipinski definition) is 2. The second kappa shape index (κ2) is 4.37. The standard InChI is InChI=1S/C15H18N2O2/c1-2-11-5-7-12(8-6-11)17-13(18)15(16-14(17)19)9-3-4-10-15/h5-8H,2-4,9-10H2,1H3,(H,16,19). The molecule has 0 bridgehead atoms. The van der Waals surface area contributed by atoms with Gasteiger partial charge in [0.25, 0.3) is 5.91 Å². The monoisotopic (exact) mass is 258 g/mol. The predicted molar refractivity (Wildman–Crippen MR) is 73.0 cm³/mol. The zero-order valence-corrected chi connectivity index (χ0v) is 11.1. The molecule has 3 rings (SSSR count). The van der Waals surface area contributed by atoms with Crippen molar-refractivity contribution in [2.24, 2.45) is 0 Å². The summed E-state index contributed by atoms with van der Waals surface area (Å²) < 4.78 is 0. The molecule has 3 amide bonds. The molecular formula is C15H18N2O2. The number of carbonyl (C=O) groups excluding carboxylic acids is 2. The summed E-state index contributed by atoms with van der Waals surface area (Å²) in [6.07, 6.45) is 4.50. The Morgan fingerprint density at radius 1 is 1.16 bits per heavy atom. The van der Waals surface area contributed by atoms with Crippen LogP contribution in [0.4, 0.5) is 10.5 Å². The molecule has 100 valence electrons. The number of rotatable bonds is 2. The van der Waals surface area contributed by atoms with E-state index in [0.717, 1.165) is 32.1 Å². The first-order valence-corrected chi connectivity index (χ1v) is 6.92. The van der Waals surface area contributed by atoms with E-state index in [1.165, 1.54) is 10.5 Å². The molecule has 4 nitrogen and oxygen atoms in total. The van der Waals surface area contributed by atoms with E-state index < -0.39 is 5.54 Å². The first-order valence-electron chi connectivity index (χ1n) is 6.92. The van der Waals surface area contributed by atoms with Gasteiger partial charge in [0.15, 0.2) is 0 Å². The van der Waals surface area contributed by atoms with Crippen molar-refractivity contribution >= 4 is 17.6 Å². The van der Waals surface area contributed by atoms with Crippen LogP contribution in [0.3, 0.4) is 0 Å². The highest BCUT2D eigenvalue weighted by molar-refractivity contribution is 6.23. The van der Waals surface area contributed by atoms with E-state index in [0.29, 0.717) is 5.69 Å².